The molecular formula is C18H16ClN3O4. The number of nitrogens with one attached hydrogen (secondary N) is 1. The standard InChI is InChI=1S/C18H16ClN3O4/c1-11(17(23)21-15-9-13(19)5-8-16(15)24-2)26-14-6-3-12(4-7-14)18-22-20-10-25-18/h3-11H,1-2H3,(H,21,23). The summed E-state index contributed by atoms with van der Waals surface area (Å²) in [6.45, 7) is 1.65. The van der Waals surface area contributed by atoms with Crippen molar-refractivity contribution in [1.82, 2.24) is 10.2 Å². The Morgan fingerprint density at radius 2 is 2.00 bits per heavy atom. The van der Waals surface area contributed by atoms with Crippen LogP contribution in [0.25, 0.3) is 11.5 Å². The second kappa shape index (κ2) is 7.88. The number of ether oxygens (including phenoxy) is 2. The maximum absolute atomic E-state index is 12.4. The lowest BCUT2D eigenvalue weighted by Crippen LogP contribution is -2.30. The molecule has 0 aliphatic carbocycles. The van der Waals surface area contributed by atoms with Crippen molar-refractivity contribution in [1.29, 1.82) is 0 Å². The van der Waals surface area contributed by atoms with Crippen LogP contribution in [0, 0.1) is 0 Å². The molecule has 1 aromatic heterocycles. The number of methoxy groups -OCH3 is 1. The molecule has 1 heterocycles. The molecule has 2 aromatic carbocycles. The van der Waals surface area contributed by atoms with E-state index in [2.05, 4.69) is 15.5 Å². The van der Waals surface area contributed by atoms with Crippen LogP contribution in [0.4, 0.5) is 5.69 Å². The monoisotopic (exact) mass is 373 g/mol. The number of hydrogen-bond donors (Lipinski definition) is 1. The lowest BCUT2D eigenvalue weighted by atomic mass is 10.2. The van der Waals surface area contributed by atoms with E-state index >= 15 is 0 Å². The fourth-order valence-electron chi connectivity index (χ4n) is 2.24. The Labute approximate surface area is 154 Å². The lowest BCUT2D eigenvalue weighted by molar-refractivity contribution is -0.122. The number of nitrogens with zero attached hydrogens (tertiary/aromatic N) is 2. The molecule has 0 aliphatic rings. The topological polar surface area (TPSA) is 86.5 Å². The van der Waals surface area contributed by atoms with Gasteiger partial charge in [0.2, 0.25) is 12.3 Å². The number of rotatable bonds is 6. The Morgan fingerprint density at radius 3 is 2.65 bits per heavy atom. The van der Waals surface area contributed by atoms with E-state index in [9.17, 15) is 4.79 Å². The van der Waals surface area contributed by atoms with Crippen molar-refractivity contribution in [2.75, 3.05) is 12.4 Å². The summed E-state index contributed by atoms with van der Waals surface area (Å²) in [7, 11) is 1.52. The summed E-state index contributed by atoms with van der Waals surface area (Å²) >= 11 is 5.97. The number of anilines is 1. The molecule has 0 bridgehead atoms. The van der Waals surface area contributed by atoms with Crippen LogP contribution in [-0.2, 0) is 4.79 Å². The molecular weight excluding hydrogens is 358 g/mol. The third-order valence-corrected chi connectivity index (χ3v) is 3.80. The van der Waals surface area contributed by atoms with Crippen molar-refractivity contribution in [3.63, 3.8) is 0 Å². The predicted molar refractivity (Wildman–Crippen MR) is 96.5 cm³/mol. The molecule has 0 radical (unpaired) electrons. The van der Waals surface area contributed by atoms with Gasteiger partial charge in [0.1, 0.15) is 11.5 Å². The van der Waals surface area contributed by atoms with Crippen LogP contribution < -0.4 is 14.8 Å². The van der Waals surface area contributed by atoms with Gasteiger partial charge in [-0.3, -0.25) is 4.79 Å². The molecule has 0 saturated heterocycles. The first kappa shape index (κ1) is 17.8. The van der Waals surface area contributed by atoms with E-state index in [0.29, 0.717) is 28.1 Å². The number of carbonyl (C=O) groups excluding carboxylic acids is 1. The highest BCUT2D eigenvalue weighted by Gasteiger charge is 2.17. The second-order valence-electron chi connectivity index (χ2n) is 5.36. The van der Waals surface area contributed by atoms with Gasteiger partial charge in [0.15, 0.2) is 6.10 Å². The molecule has 0 saturated carbocycles. The number of halogens is 1. The van der Waals surface area contributed by atoms with E-state index < -0.39 is 6.10 Å². The lowest BCUT2D eigenvalue weighted by Gasteiger charge is -2.16. The Kier molecular flexibility index (Phi) is 5.38. The first-order valence-corrected chi connectivity index (χ1v) is 8.12. The summed E-state index contributed by atoms with van der Waals surface area (Å²) in [5.41, 5.74) is 1.24. The SMILES string of the molecule is COc1ccc(Cl)cc1NC(=O)C(C)Oc1ccc(-c2nnco2)cc1. The normalized spacial score (nSPS) is 11.7. The summed E-state index contributed by atoms with van der Waals surface area (Å²) in [4.78, 5) is 12.4. The van der Waals surface area contributed by atoms with Crippen molar-refractivity contribution >= 4 is 23.2 Å². The minimum absolute atomic E-state index is 0.327. The minimum Gasteiger partial charge on any atom is -0.495 e. The number of benzene rings is 2. The van der Waals surface area contributed by atoms with Gasteiger partial charge in [-0.2, -0.15) is 0 Å². The van der Waals surface area contributed by atoms with Crippen molar-refractivity contribution in [2.24, 2.45) is 0 Å². The van der Waals surface area contributed by atoms with Crippen LogP contribution in [0.15, 0.2) is 53.3 Å². The van der Waals surface area contributed by atoms with E-state index in [-0.39, 0.29) is 5.91 Å². The fraction of sp³-hybridized carbons (Fsp3) is 0.167. The van der Waals surface area contributed by atoms with Crippen LogP contribution >= 0.6 is 11.6 Å². The molecule has 26 heavy (non-hydrogen) atoms. The van der Waals surface area contributed by atoms with Gasteiger partial charge in [-0.1, -0.05) is 11.6 Å². The average molecular weight is 374 g/mol. The molecule has 134 valence electrons. The molecule has 3 rings (SSSR count). The smallest absolute Gasteiger partial charge is 0.265 e. The third kappa shape index (κ3) is 4.12. The zero-order chi connectivity index (χ0) is 18.5. The fourth-order valence-corrected chi connectivity index (χ4v) is 2.42. The minimum atomic E-state index is -0.729. The van der Waals surface area contributed by atoms with E-state index in [0.717, 1.165) is 5.56 Å². The second-order valence-corrected chi connectivity index (χ2v) is 5.80. The summed E-state index contributed by atoms with van der Waals surface area (Å²) in [6.07, 6.45) is 0.531. The Balaban J connectivity index is 1.65. The highest BCUT2D eigenvalue weighted by molar-refractivity contribution is 6.31. The van der Waals surface area contributed by atoms with Crippen molar-refractivity contribution in [2.45, 2.75) is 13.0 Å². The van der Waals surface area contributed by atoms with E-state index in [1.807, 2.05) is 0 Å². The van der Waals surface area contributed by atoms with Gasteiger partial charge in [0.05, 0.1) is 12.8 Å². The van der Waals surface area contributed by atoms with Crippen molar-refractivity contribution in [3.05, 3.63) is 53.9 Å². The Bertz CT molecular complexity index is 882. The Morgan fingerprint density at radius 1 is 1.23 bits per heavy atom. The maximum Gasteiger partial charge on any atom is 0.265 e. The largest absolute Gasteiger partial charge is 0.495 e. The van der Waals surface area contributed by atoms with Gasteiger partial charge in [-0.25, -0.2) is 0 Å². The summed E-state index contributed by atoms with van der Waals surface area (Å²) < 4.78 is 16.0. The molecule has 0 aliphatic heterocycles. The van der Waals surface area contributed by atoms with Crippen LogP contribution in [0.5, 0.6) is 11.5 Å². The third-order valence-electron chi connectivity index (χ3n) is 3.56. The van der Waals surface area contributed by atoms with Crippen molar-refractivity contribution < 1.29 is 18.7 Å². The molecule has 8 heteroatoms. The van der Waals surface area contributed by atoms with Gasteiger partial charge in [-0.05, 0) is 49.4 Å². The highest BCUT2D eigenvalue weighted by Crippen LogP contribution is 2.28. The number of hydrogen-bond acceptors (Lipinski definition) is 6. The molecule has 0 spiro atoms. The Hall–Kier alpha value is -3.06. The molecule has 1 N–H and O–H groups in total. The van der Waals surface area contributed by atoms with Crippen molar-refractivity contribution in [3.8, 4) is 23.0 Å². The zero-order valence-electron chi connectivity index (χ0n) is 14.1. The van der Waals surface area contributed by atoms with Gasteiger partial charge in [0, 0.05) is 10.6 Å². The molecule has 0 fully saturated rings. The van der Waals surface area contributed by atoms with Gasteiger partial charge in [-0.15, -0.1) is 10.2 Å². The van der Waals surface area contributed by atoms with Gasteiger partial charge in [0.25, 0.3) is 5.91 Å². The molecule has 3 aromatic rings. The molecule has 7 nitrogen and oxygen atoms in total. The van der Waals surface area contributed by atoms with Crippen LogP contribution in [-0.4, -0.2) is 29.3 Å². The van der Waals surface area contributed by atoms with E-state index in [1.165, 1.54) is 13.5 Å². The number of aromatic nitrogens is 2. The summed E-state index contributed by atoms with van der Waals surface area (Å²) in [5.74, 6) is 1.13. The average Bonchev–Trinajstić information content (AvgIpc) is 3.17. The molecule has 1 atom stereocenters. The summed E-state index contributed by atoms with van der Waals surface area (Å²) in [6, 6.07) is 12.0. The van der Waals surface area contributed by atoms with Crippen LogP contribution in [0.3, 0.4) is 0 Å². The highest BCUT2D eigenvalue weighted by atomic mass is 35.5. The quantitative estimate of drug-likeness (QED) is 0.707. The van der Waals surface area contributed by atoms with Crippen LogP contribution in [0.1, 0.15) is 6.92 Å². The first-order chi connectivity index (χ1) is 12.6. The molecule has 1 unspecified atom stereocenters. The predicted octanol–water partition coefficient (Wildman–Crippen LogP) is 3.80. The maximum atomic E-state index is 12.4. The zero-order valence-corrected chi connectivity index (χ0v) is 14.9. The van der Waals surface area contributed by atoms with Gasteiger partial charge < -0.3 is 19.2 Å². The number of carbonyl (C=O) groups is 1. The number of amides is 1. The molecule has 1 amide bonds. The first-order valence-electron chi connectivity index (χ1n) is 7.74. The van der Waals surface area contributed by atoms with E-state index in [1.54, 1.807) is 49.4 Å². The van der Waals surface area contributed by atoms with E-state index in [4.69, 9.17) is 25.5 Å². The van der Waals surface area contributed by atoms with Gasteiger partial charge >= 0.3 is 0 Å². The summed E-state index contributed by atoms with van der Waals surface area (Å²) in [5, 5.41) is 10.7. The van der Waals surface area contributed by atoms with Crippen LogP contribution in [0.2, 0.25) is 5.02 Å².